The number of nitrogens with zero attached hydrogens (tertiary/aromatic N) is 1. The Kier molecular flexibility index (Phi) is 6.75. The molecule has 0 fully saturated rings. The van der Waals surface area contributed by atoms with Crippen LogP contribution in [0, 0.1) is 11.6 Å². The van der Waals surface area contributed by atoms with Crippen molar-refractivity contribution in [2.75, 3.05) is 6.54 Å². The molecule has 2 amide bonds. The maximum absolute atomic E-state index is 14.1. The second kappa shape index (κ2) is 9.65. The minimum Gasteiger partial charge on any atom is -0.465 e. The summed E-state index contributed by atoms with van der Waals surface area (Å²) >= 11 is 0. The van der Waals surface area contributed by atoms with Crippen LogP contribution >= 0.6 is 0 Å². The summed E-state index contributed by atoms with van der Waals surface area (Å²) in [5.41, 5.74) is 0.0654. The first-order valence-electron chi connectivity index (χ1n) is 9.33. The van der Waals surface area contributed by atoms with Gasteiger partial charge in [0.15, 0.2) is 0 Å². The number of benzene rings is 2. The van der Waals surface area contributed by atoms with Crippen LogP contribution in [0.2, 0.25) is 0 Å². The lowest BCUT2D eigenvalue weighted by Gasteiger charge is -2.23. The Bertz CT molecular complexity index is 1030. The van der Waals surface area contributed by atoms with Crippen LogP contribution in [0.25, 0.3) is 6.08 Å². The summed E-state index contributed by atoms with van der Waals surface area (Å²) in [7, 11) is 0. The number of carbonyl (C=O) groups is 2. The van der Waals surface area contributed by atoms with Gasteiger partial charge < -0.3 is 14.6 Å². The Morgan fingerprint density at radius 1 is 1.00 bits per heavy atom. The first kappa shape index (κ1) is 21.0. The Labute approximate surface area is 172 Å². The third-order valence-corrected chi connectivity index (χ3v) is 4.42. The zero-order valence-corrected chi connectivity index (χ0v) is 16.3. The third-order valence-electron chi connectivity index (χ3n) is 4.42. The molecule has 3 rings (SSSR count). The molecule has 0 atom stereocenters. The molecule has 0 bridgehead atoms. The molecular weight excluding hydrogens is 390 g/mol. The highest BCUT2D eigenvalue weighted by atomic mass is 19.1. The molecule has 3 aromatic rings. The molecular formula is C23H20F2N2O3. The molecule has 1 aromatic heterocycles. The van der Waals surface area contributed by atoms with Crippen molar-refractivity contribution in [1.82, 2.24) is 10.2 Å². The number of furan rings is 1. The maximum Gasteiger partial charge on any atom is 0.270 e. The Hall–Kier alpha value is -3.74. The molecule has 0 unspecified atom stereocenters. The van der Waals surface area contributed by atoms with E-state index in [4.69, 9.17) is 4.42 Å². The molecule has 30 heavy (non-hydrogen) atoms. The van der Waals surface area contributed by atoms with E-state index in [-0.39, 0.29) is 24.4 Å². The van der Waals surface area contributed by atoms with Gasteiger partial charge in [-0.15, -0.1) is 0 Å². The lowest BCUT2D eigenvalue weighted by Crippen LogP contribution is -2.38. The molecule has 1 heterocycles. The molecule has 5 nitrogen and oxygen atoms in total. The van der Waals surface area contributed by atoms with E-state index in [2.05, 4.69) is 5.32 Å². The average Bonchev–Trinajstić information content (AvgIpc) is 3.26. The number of rotatable bonds is 7. The van der Waals surface area contributed by atoms with Gasteiger partial charge in [-0.2, -0.15) is 0 Å². The summed E-state index contributed by atoms with van der Waals surface area (Å²) in [5.74, 6) is -2.23. The molecule has 2 aromatic carbocycles. The SMILES string of the molecule is CCN(Cc1c(F)cccc1F)C(=O)/C(=C/c1ccco1)NC(=O)c1ccccc1. The Balaban J connectivity index is 1.89. The van der Waals surface area contributed by atoms with Crippen molar-refractivity contribution in [3.05, 3.63) is 101 Å². The van der Waals surface area contributed by atoms with E-state index in [9.17, 15) is 18.4 Å². The number of likely N-dealkylation sites (N-methyl/N-ethyl adjacent to an activating group) is 1. The number of nitrogens with one attached hydrogen (secondary N) is 1. The molecule has 0 saturated heterocycles. The maximum atomic E-state index is 14.1. The first-order valence-corrected chi connectivity index (χ1v) is 9.33. The number of amides is 2. The smallest absolute Gasteiger partial charge is 0.270 e. The summed E-state index contributed by atoms with van der Waals surface area (Å²) < 4.78 is 33.4. The third kappa shape index (κ3) is 5.00. The van der Waals surface area contributed by atoms with E-state index in [0.29, 0.717) is 11.3 Å². The van der Waals surface area contributed by atoms with Crippen LogP contribution in [-0.4, -0.2) is 23.3 Å². The van der Waals surface area contributed by atoms with E-state index in [0.717, 1.165) is 12.1 Å². The van der Waals surface area contributed by atoms with Crippen LogP contribution in [0.15, 0.2) is 77.0 Å². The molecule has 154 valence electrons. The van der Waals surface area contributed by atoms with Crippen LogP contribution in [-0.2, 0) is 11.3 Å². The average molecular weight is 410 g/mol. The first-order chi connectivity index (χ1) is 14.5. The predicted octanol–water partition coefficient (Wildman–Crippen LogP) is 4.38. The zero-order valence-electron chi connectivity index (χ0n) is 16.3. The number of hydrogen-bond acceptors (Lipinski definition) is 3. The predicted molar refractivity (Wildman–Crippen MR) is 108 cm³/mol. The Morgan fingerprint density at radius 2 is 1.70 bits per heavy atom. The summed E-state index contributed by atoms with van der Waals surface area (Å²) in [6.45, 7) is 1.56. The van der Waals surface area contributed by atoms with Gasteiger partial charge in [0.25, 0.3) is 11.8 Å². The normalized spacial score (nSPS) is 11.2. The van der Waals surface area contributed by atoms with Crippen molar-refractivity contribution >= 4 is 17.9 Å². The van der Waals surface area contributed by atoms with E-state index in [1.807, 2.05) is 0 Å². The Morgan fingerprint density at radius 3 is 2.30 bits per heavy atom. The van der Waals surface area contributed by atoms with Gasteiger partial charge in [0.1, 0.15) is 23.1 Å². The van der Waals surface area contributed by atoms with E-state index in [1.54, 1.807) is 49.4 Å². The fourth-order valence-electron chi connectivity index (χ4n) is 2.82. The van der Waals surface area contributed by atoms with E-state index < -0.39 is 23.4 Å². The van der Waals surface area contributed by atoms with Crippen LogP contribution in [0.1, 0.15) is 28.6 Å². The fourth-order valence-corrected chi connectivity index (χ4v) is 2.82. The summed E-state index contributed by atoms with van der Waals surface area (Å²) in [5, 5.41) is 2.58. The molecule has 7 heteroatoms. The van der Waals surface area contributed by atoms with Gasteiger partial charge in [-0.25, -0.2) is 8.78 Å². The lowest BCUT2D eigenvalue weighted by molar-refractivity contribution is -0.127. The minimum absolute atomic E-state index is 0.0719. The van der Waals surface area contributed by atoms with Crippen molar-refractivity contribution in [1.29, 1.82) is 0 Å². The van der Waals surface area contributed by atoms with Gasteiger partial charge in [-0.1, -0.05) is 24.3 Å². The second-order valence-electron chi connectivity index (χ2n) is 6.41. The fraction of sp³-hybridized carbons (Fsp3) is 0.130. The van der Waals surface area contributed by atoms with Gasteiger partial charge >= 0.3 is 0 Å². The van der Waals surface area contributed by atoms with Crippen LogP contribution < -0.4 is 5.32 Å². The molecule has 0 spiro atoms. The zero-order chi connectivity index (χ0) is 21.5. The largest absolute Gasteiger partial charge is 0.465 e. The molecule has 1 N–H and O–H groups in total. The highest BCUT2D eigenvalue weighted by Crippen LogP contribution is 2.17. The summed E-state index contributed by atoms with van der Waals surface area (Å²) in [6.07, 6.45) is 2.81. The number of halogens is 2. The van der Waals surface area contributed by atoms with Gasteiger partial charge in [-0.05, 0) is 43.3 Å². The standard InChI is InChI=1S/C23H20F2N2O3/c1-2-27(15-18-19(24)11-6-12-20(18)25)23(29)21(14-17-10-7-13-30-17)26-22(28)16-8-4-3-5-9-16/h3-14H,2,15H2,1H3,(H,26,28)/b21-14-. The van der Waals surface area contributed by atoms with Crippen molar-refractivity contribution in [3.8, 4) is 0 Å². The monoisotopic (exact) mass is 410 g/mol. The molecule has 0 saturated carbocycles. The van der Waals surface area contributed by atoms with Gasteiger partial charge in [0, 0.05) is 23.7 Å². The van der Waals surface area contributed by atoms with Crippen LogP contribution in [0.4, 0.5) is 8.78 Å². The molecule has 0 aliphatic carbocycles. The minimum atomic E-state index is -0.744. The highest BCUT2D eigenvalue weighted by Gasteiger charge is 2.22. The lowest BCUT2D eigenvalue weighted by atomic mass is 10.1. The quantitative estimate of drug-likeness (QED) is 0.588. The van der Waals surface area contributed by atoms with Gasteiger partial charge in [-0.3, -0.25) is 9.59 Å². The molecule has 0 radical (unpaired) electrons. The summed E-state index contributed by atoms with van der Waals surface area (Å²) in [6, 6.07) is 15.2. The van der Waals surface area contributed by atoms with E-state index in [1.165, 1.54) is 23.3 Å². The number of carbonyl (C=O) groups excluding carboxylic acids is 2. The van der Waals surface area contributed by atoms with Crippen LogP contribution in [0.3, 0.4) is 0 Å². The molecule has 0 aliphatic heterocycles. The van der Waals surface area contributed by atoms with Crippen molar-refractivity contribution in [3.63, 3.8) is 0 Å². The molecule has 0 aliphatic rings. The van der Waals surface area contributed by atoms with Crippen molar-refractivity contribution in [2.24, 2.45) is 0 Å². The van der Waals surface area contributed by atoms with Gasteiger partial charge in [0.2, 0.25) is 0 Å². The van der Waals surface area contributed by atoms with Gasteiger partial charge in [0.05, 0.1) is 12.8 Å². The van der Waals surface area contributed by atoms with Crippen molar-refractivity contribution in [2.45, 2.75) is 13.5 Å². The topological polar surface area (TPSA) is 62.6 Å². The summed E-state index contributed by atoms with van der Waals surface area (Å²) in [4.78, 5) is 27.0. The second-order valence-corrected chi connectivity index (χ2v) is 6.41. The van der Waals surface area contributed by atoms with Crippen molar-refractivity contribution < 1.29 is 22.8 Å². The number of hydrogen-bond donors (Lipinski definition) is 1. The highest BCUT2D eigenvalue weighted by molar-refractivity contribution is 6.05. The van der Waals surface area contributed by atoms with Crippen LogP contribution in [0.5, 0.6) is 0 Å². The van der Waals surface area contributed by atoms with E-state index >= 15 is 0 Å².